The van der Waals surface area contributed by atoms with E-state index in [0.717, 1.165) is 16.3 Å². The number of hydrogen-bond donors (Lipinski definition) is 0. The highest BCUT2D eigenvalue weighted by Gasteiger charge is 2.18. The van der Waals surface area contributed by atoms with E-state index in [0.29, 0.717) is 23.2 Å². The van der Waals surface area contributed by atoms with E-state index in [2.05, 4.69) is 40.4 Å². The number of nitriles is 1. The van der Waals surface area contributed by atoms with Crippen LogP contribution in [0.5, 0.6) is 0 Å². The van der Waals surface area contributed by atoms with Crippen molar-refractivity contribution in [2.75, 3.05) is 0 Å². The molecule has 0 unspecified atom stereocenters. The molecule has 3 rings (SSSR count). The molecule has 0 aliphatic heterocycles. The predicted octanol–water partition coefficient (Wildman–Crippen LogP) is 2.70. The molecular weight excluding hydrogens is 296 g/mol. The van der Waals surface area contributed by atoms with Gasteiger partial charge in [0.25, 0.3) is 0 Å². The number of benzene rings is 1. The molecule has 0 radical (unpaired) electrons. The Balaban J connectivity index is 2.01. The van der Waals surface area contributed by atoms with Gasteiger partial charge in [-0.2, -0.15) is 9.94 Å². The second-order valence-corrected chi connectivity index (χ2v) is 6.14. The molecule has 0 aliphatic carbocycles. The van der Waals surface area contributed by atoms with Gasteiger partial charge in [0.05, 0.1) is 5.69 Å². The van der Waals surface area contributed by atoms with Gasteiger partial charge in [-0.3, -0.25) is 0 Å². The average molecular weight is 310 g/mol. The summed E-state index contributed by atoms with van der Waals surface area (Å²) in [6.45, 7) is 4.13. The van der Waals surface area contributed by atoms with E-state index in [1.807, 2.05) is 30.3 Å². The summed E-state index contributed by atoms with van der Waals surface area (Å²) in [7, 11) is 0. The molecule has 0 saturated carbocycles. The Bertz CT molecular complexity index is 812. The van der Waals surface area contributed by atoms with Gasteiger partial charge in [-0.05, 0) is 5.56 Å². The minimum absolute atomic E-state index is 0.308. The van der Waals surface area contributed by atoms with Crippen LogP contribution in [0, 0.1) is 11.3 Å². The first-order valence-electron chi connectivity index (χ1n) is 6.91. The third-order valence-corrected chi connectivity index (χ3v) is 4.39. The molecule has 0 fully saturated rings. The van der Waals surface area contributed by atoms with Crippen LogP contribution in [0.15, 0.2) is 30.3 Å². The maximum Gasteiger partial charge on any atom is 0.234 e. The van der Waals surface area contributed by atoms with E-state index in [1.54, 1.807) is 4.68 Å². The second kappa shape index (κ2) is 6.03. The van der Waals surface area contributed by atoms with Crippen LogP contribution in [0.1, 0.15) is 41.7 Å². The monoisotopic (exact) mass is 310 g/mol. The van der Waals surface area contributed by atoms with E-state index in [4.69, 9.17) is 0 Å². The molecule has 0 saturated heterocycles. The van der Waals surface area contributed by atoms with Gasteiger partial charge in [0.2, 0.25) is 5.13 Å². The quantitative estimate of drug-likeness (QED) is 0.740. The highest BCUT2D eigenvalue weighted by atomic mass is 32.1. The zero-order valence-corrected chi connectivity index (χ0v) is 13.1. The molecule has 0 amide bonds. The Kier molecular flexibility index (Phi) is 3.94. The number of hydrogen-bond acceptors (Lipinski definition) is 6. The lowest BCUT2D eigenvalue weighted by Crippen LogP contribution is -2.04. The molecule has 2 aromatic heterocycles. The zero-order chi connectivity index (χ0) is 15.5. The molecule has 0 bridgehead atoms. The van der Waals surface area contributed by atoms with E-state index in [-0.39, 0.29) is 0 Å². The predicted molar refractivity (Wildman–Crippen MR) is 82.9 cm³/mol. The first kappa shape index (κ1) is 14.4. The largest absolute Gasteiger partial charge is 0.234 e. The van der Waals surface area contributed by atoms with Gasteiger partial charge in [0.15, 0.2) is 5.69 Å². The summed E-state index contributed by atoms with van der Waals surface area (Å²) in [6, 6.07) is 12.0. The lowest BCUT2D eigenvalue weighted by Gasteiger charge is -2.03. The maximum atomic E-state index is 9.25. The molecule has 7 heteroatoms. The van der Waals surface area contributed by atoms with Crippen molar-refractivity contribution in [2.45, 2.75) is 26.2 Å². The lowest BCUT2D eigenvalue weighted by atomic mass is 10.1. The smallest absolute Gasteiger partial charge is 0.191 e. The fraction of sp³-hybridized carbons (Fsp3) is 0.267. The summed E-state index contributed by atoms with van der Waals surface area (Å²) in [4.78, 5) is 0. The van der Waals surface area contributed by atoms with Crippen molar-refractivity contribution in [3.8, 4) is 11.2 Å². The Labute approximate surface area is 132 Å². The van der Waals surface area contributed by atoms with Crippen LogP contribution >= 0.6 is 11.3 Å². The summed E-state index contributed by atoms with van der Waals surface area (Å²) in [6.07, 6.45) is 0.577. The number of nitrogens with zero attached hydrogens (tertiary/aromatic N) is 6. The third-order valence-electron chi connectivity index (χ3n) is 3.19. The normalized spacial score (nSPS) is 10.8. The molecule has 110 valence electrons. The minimum Gasteiger partial charge on any atom is -0.191 e. The second-order valence-electron chi connectivity index (χ2n) is 5.15. The van der Waals surface area contributed by atoms with E-state index < -0.39 is 0 Å². The minimum atomic E-state index is 0.308. The first-order valence-corrected chi connectivity index (χ1v) is 7.73. The van der Waals surface area contributed by atoms with Crippen LogP contribution < -0.4 is 0 Å². The molecular formula is C15H14N6S. The van der Waals surface area contributed by atoms with Gasteiger partial charge in [0, 0.05) is 12.3 Å². The van der Waals surface area contributed by atoms with Crippen LogP contribution in [0.4, 0.5) is 0 Å². The van der Waals surface area contributed by atoms with Crippen molar-refractivity contribution < 1.29 is 0 Å². The first-order chi connectivity index (χ1) is 10.7. The van der Waals surface area contributed by atoms with Crippen molar-refractivity contribution >= 4 is 11.3 Å². The zero-order valence-electron chi connectivity index (χ0n) is 12.3. The van der Waals surface area contributed by atoms with Crippen molar-refractivity contribution in [3.63, 3.8) is 0 Å². The summed E-state index contributed by atoms with van der Waals surface area (Å²) < 4.78 is 1.62. The van der Waals surface area contributed by atoms with Gasteiger partial charge in [-0.1, -0.05) is 60.7 Å². The van der Waals surface area contributed by atoms with Gasteiger partial charge in [-0.25, -0.2) is 0 Å². The molecule has 3 aromatic rings. The van der Waals surface area contributed by atoms with E-state index in [9.17, 15) is 5.26 Å². The van der Waals surface area contributed by atoms with Crippen LogP contribution in [-0.2, 0) is 6.42 Å². The van der Waals surface area contributed by atoms with Crippen LogP contribution in [0.25, 0.3) is 5.13 Å². The summed E-state index contributed by atoms with van der Waals surface area (Å²) >= 11 is 1.47. The molecule has 0 spiro atoms. The van der Waals surface area contributed by atoms with Gasteiger partial charge >= 0.3 is 0 Å². The molecule has 1 aromatic carbocycles. The molecule has 22 heavy (non-hydrogen) atoms. The van der Waals surface area contributed by atoms with Crippen molar-refractivity contribution in [1.29, 1.82) is 5.26 Å². The van der Waals surface area contributed by atoms with Gasteiger partial charge in [-0.15, -0.1) is 15.3 Å². The van der Waals surface area contributed by atoms with Crippen LogP contribution in [-0.4, -0.2) is 25.2 Å². The standard InChI is InChI=1S/C15H14N6S/c1-10(2)14-18-19-15(22-14)21-13(12(9-16)17-20-21)8-11-6-4-3-5-7-11/h3-7,10H,8H2,1-2H3. The molecule has 6 nitrogen and oxygen atoms in total. The van der Waals surface area contributed by atoms with Crippen molar-refractivity contribution in [3.05, 3.63) is 52.3 Å². The molecule has 2 heterocycles. The van der Waals surface area contributed by atoms with Crippen molar-refractivity contribution in [2.24, 2.45) is 0 Å². The third kappa shape index (κ3) is 2.73. The van der Waals surface area contributed by atoms with Gasteiger partial charge in [0.1, 0.15) is 11.1 Å². The maximum absolute atomic E-state index is 9.25. The Morgan fingerprint density at radius 2 is 1.95 bits per heavy atom. The highest BCUT2D eigenvalue weighted by molar-refractivity contribution is 7.13. The Hall–Kier alpha value is -2.59. The Morgan fingerprint density at radius 1 is 1.18 bits per heavy atom. The average Bonchev–Trinajstić information content (AvgIpc) is 3.14. The molecule has 0 atom stereocenters. The number of rotatable bonds is 4. The molecule has 0 aliphatic rings. The number of aromatic nitrogens is 5. The summed E-state index contributed by atoms with van der Waals surface area (Å²) in [5.41, 5.74) is 2.15. The fourth-order valence-electron chi connectivity index (χ4n) is 2.04. The van der Waals surface area contributed by atoms with Gasteiger partial charge < -0.3 is 0 Å². The van der Waals surface area contributed by atoms with E-state index >= 15 is 0 Å². The lowest BCUT2D eigenvalue weighted by molar-refractivity contribution is 0.749. The SMILES string of the molecule is CC(C)c1nnc(-n2nnc(C#N)c2Cc2ccccc2)s1. The van der Waals surface area contributed by atoms with Crippen molar-refractivity contribution in [1.82, 2.24) is 25.2 Å². The van der Waals surface area contributed by atoms with E-state index in [1.165, 1.54) is 11.3 Å². The highest BCUT2D eigenvalue weighted by Crippen LogP contribution is 2.23. The fourth-order valence-corrected chi connectivity index (χ4v) is 2.85. The van der Waals surface area contributed by atoms with Crippen LogP contribution in [0.3, 0.4) is 0 Å². The summed E-state index contributed by atoms with van der Waals surface area (Å²) in [5, 5.41) is 27.2. The summed E-state index contributed by atoms with van der Waals surface area (Å²) in [5.74, 6) is 0.308. The topological polar surface area (TPSA) is 80.3 Å². The van der Waals surface area contributed by atoms with Crippen LogP contribution in [0.2, 0.25) is 0 Å². The molecule has 0 N–H and O–H groups in total. The Morgan fingerprint density at radius 3 is 2.59 bits per heavy atom.